The molecule has 0 spiro atoms. The van der Waals surface area contributed by atoms with E-state index in [1.54, 1.807) is 0 Å². The van der Waals surface area contributed by atoms with Crippen LogP contribution in [0.25, 0.3) is 0 Å². The highest BCUT2D eigenvalue weighted by atomic mass is 32.2. The third-order valence-corrected chi connectivity index (χ3v) is 5.07. The van der Waals surface area contributed by atoms with Crippen LogP contribution in [-0.2, 0) is 10.0 Å². The number of nitrogens with two attached hydrogens (primary N) is 1. The second-order valence-corrected chi connectivity index (χ2v) is 6.85. The van der Waals surface area contributed by atoms with Crippen LogP contribution in [0.15, 0.2) is 53.4 Å². The zero-order chi connectivity index (χ0) is 15.0. The molecule has 6 heteroatoms. The normalized spacial score (nSPS) is 21.2. The average Bonchev–Trinajstić information content (AvgIpc) is 3.21. The fourth-order valence-corrected chi connectivity index (χ4v) is 3.78. The van der Waals surface area contributed by atoms with Crippen molar-refractivity contribution < 1.29 is 12.8 Å². The number of hydrogen-bond acceptors (Lipinski definition) is 3. The van der Waals surface area contributed by atoms with Crippen molar-refractivity contribution in [1.29, 1.82) is 0 Å². The topological polar surface area (TPSA) is 72.2 Å². The highest BCUT2D eigenvalue weighted by Crippen LogP contribution is 2.41. The van der Waals surface area contributed by atoms with Crippen molar-refractivity contribution >= 4 is 15.7 Å². The first kappa shape index (κ1) is 14.0. The largest absolute Gasteiger partial charge is 0.399 e. The Morgan fingerprint density at radius 1 is 1.14 bits per heavy atom. The summed E-state index contributed by atoms with van der Waals surface area (Å²) in [6.45, 7) is 0. The molecule has 4 nitrogen and oxygen atoms in total. The molecule has 2 aromatic carbocycles. The fourth-order valence-electron chi connectivity index (χ4n) is 2.38. The van der Waals surface area contributed by atoms with E-state index in [1.165, 1.54) is 6.07 Å². The molecule has 3 N–H and O–H groups in total. The van der Waals surface area contributed by atoms with Crippen molar-refractivity contribution in [2.75, 3.05) is 5.73 Å². The van der Waals surface area contributed by atoms with Crippen molar-refractivity contribution in [3.05, 3.63) is 59.9 Å². The fraction of sp³-hybridized carbons (Fsp3) is 0.200. The lowest BCUT2D eigenvalue weighted by molar-refractivity contribution is 0.556. The van der Waals surface area contributed by atoms with Gasteiger partial charge in [-0.3, -0.25) is 0 Å². The summed E-state index contributed by atoms with van der Waals surface area (Å²) in [5.41, 5.74) is 6.83. The molecule has 2 atom stereocenters. The Labute approximate surface area is 122 Å². The number of benzene rings is 2. The first-order valence-electron chi connectivity index (χ1n) is 6.60. The Morgan fingerprint density at radius 2 is 1.86 bits per heavy atom. The Kier molecular flexibility index (Phi) is 3.43. The Bertz CT molecular complexity index is 762. The van der Waals surface area contributed by atoms with Crippen LogP contribution in [0.2, 0.25) is 0 Å². The number of nitrogens with one attached hydrogen (secondary N) is 1. The standard InChI is InChI=1S/C15H15FN2O2S/c16-13-7-6-11(17)8-15(13)21(19,20)18-14-9-12(14)10-4-2-1-3-5-10/h1-8,12,14,18H,9,17H2. The summed E-state index contributed by atoms with van der Waals surface area (Å²) in [7, 11) is -3.90. The molecule has 21 heavy (non-hydrogen) atoms. The van der Waals surface area contributed by atoms with Gasteiger partial charge >= 0.3 is 0 Å². The predicted molar refractivity (Wildman–Crippen MR) is 78.7 cm³/mol. The van der Waals surface area contributed by atoms with Gasteiger partial charge in [0.05, 0.1) is 0 Å². The van der Waals surface area contributed by atoms with Gasteiger partial charge < -0.3 is 5.73 Å². The molecule has 0 radical (unpaired) electrons. The number of nitrogen functional groups attached to an aromatic ring is 1. The molecule has 2 unspecified atom stereocenters. The minimum absolute atomic E-state index is 0.144. The molecule has 110 valence electrons. The lowest BCUT2D eigenvalue weighted by atomic mass is 10.1. The molecule has 0 amide bonds. The molecule has 0 aliphatic heterocycles. The van der Waals surface area contributed by atoms with Gasteiger partial charge in [-0.2, -0.15) is 0 Å². The van der Waals surface area contributed by atoms with Gasteiger partial charge in [-0.1, -0.05) is 30.3 Å². The second kappa shape index (κ2) is 5.13. The van der Waals surface area contributed by atoms with E-state index in [9.17, 15) is 12.8 Å². The maximum absolute atomic E-state index is 13.7. The monoisotopic (exact) mass is 306 g/mol. The Hall–Kier alpha value is -1.92. The highest BCUT2D eigenvalue weighted by molar-refractivity contribution is 7.89. The molecule has 1 fully saturated rings. The summed E-state index contributed by atoms with van der Waals surface area (Å²) in [5.74, 6) is -0.654. The van der Waals surface area contributed by atoms with Crippen molar-refractivity contribution in [1.82, 2.24) is 4.72 Å². The lowest BCUT2D eigenvalue weighted by Crippen LogP contribution is -2.27. The van der Waals surface area contributed by atoms with Crippen LogP contribution in [0.5, 0.6) is 0 Å². The quantitative estimate of drug-likeness (QED) is 0.851. The zero-order valence-electron chi connectivity index (χ0n) is 11.2. The number of hydrogen-bond donors (Lipinski definition) is 2. The number of rotatable bonds is 4. The van der Waals surface area contributed by atoms with E-state index in [1.807, 2.05) is 30.3 Å². The molecule has 1 saturated carbocycles. The van der Waals surface area contributed by atoms with E-state index >= 15 is 0 Å². The minimum atomic E-state index is -3.90. The molecule has 0 aromatic heterocycles. The molecular formula is C15H15FN2O2S. The van der Waals surface area contributed by atoms with Gasteiger partial charge in [0.2, 0.25) is 10.0 Å². The van der Waals surface area contributed by atoms with Crippen LogP contribution in [0.4, 0.5) is 10.1 Å². The van der Waals surface area contributed by atoms with Crippen LogP contribution < -0.4 is 10.5 Å². The molecule has 0 bridgehead atoms. The van der Waals surface area contributed by atoms with E-state index in [0.29, 0.717) is 6.42 Å². The van der Waals surface area contributed by atoms with E-state index in [4.69, 9.17) is 5.73 Å². The zero-order valence-corrected chi connectivity index (χ0v) is 12.0. The van der Waals surface area contributed by atoms with Gasteiger partial charge in [-0.15, -0.1) is 0 Å². The SMILES string of the molecule is Nc1ccc(F)c(S(=O)(=O)NC2CC2c2ccccc2)c1. The molecule has 0 saturated heterocycles. The van der Waals surface area contributed by atoms with Crippen molar-refractivity contribution in [3.8, 4) is 0 Å². The summed E-state index contributed by atoms with van der Waals surface area (Å²) in [6.07, 6.45) is 0.715. The first-order chi connectivity index (χ1) is 9.97. The molecule has 0 heterocycles. The lowest BCUT2D eigenvalue weighted by Gasteiger charge is -2.08. The van der Waals surface area contributed by atoms with E-state index in [0.717, 1.165) is 17.7 Å². The van der Waals surface area contributed by atoms with Crippen LogP contribution in [-0.4, -0.2) is 14.5 Å². The summed E-state index contributed by atoms with van der Waals surface area (Å²) >= 11 is 0. The number of anilines is 1. The molecule has 2 aromatic rings. The van der Waals surface area contributed by atoms with Crippen LogP contribution in [0.3, 0.4) is 0 Å². The Morgan fingerprint density at radius 3 is 2.57 bits per heavy atom. The van der Waals surface area contributed by atoms with Crippen LogP contribution in [0, 0.1) is 5.82 Å². The maximum Gasteiger partial charge on any atom is 0.243 e. The summed E-state index contributed by atoms with van der Waals surface area (Å²) < 4.78 is 40.7. The van der Waals surface area contributed by atoms with Crippen LogP contribution in [0.1, 0.15) is 17.9 Å². The Balaban J connectivity index is 1.78. The maximum atomic E-state index is 13.7. The van der Waals surface area contributed by atoms with Gasteiger partial charge in [-0.05, 0) is 30.2 Å². The predicted octanol–water partition coefficient (Wildman–Crippen LogP) is 2.24. The average molecular weight is 306 g/mol. The minimum Gasteiger partial charge on any atom is -0.399 e. The first-order valence-corrected chi connectivity index (χ1v) is 8.08. The smallest absolute Gasteiger partial charge is 0.243 e. The molecular weight excluding hydrogens is 291 g/mol. The van der Waals surface area contributed by atoms with Crippen molar-refractivity contribution in [2.24, 2.45) is 0 Å². The van der Waals surface area contributed by atoms with Crippen molar-refractivity contribution in [2.45, 2.75) is 23.3 Å². The molecule has 1 aliphatic carbocycles. The van der Waals surface area contributed by atoms with Gasteiger partial charge in [-0.25, -0.2) is 17.5 Å². The van der Waals surface area contributed by atoms with Gasteiger partial charge in [0.1, 0.15) is 10.7 Å². The molecule has 3 rings (SSSR count). The summed E-state index contributed by atoms with van der Waals surface area (Å²) in [6, 6.07) is 13.0. The van der Waals surface area contributed by atoms with Crippen LogP contribution >= 0.6 is 0 Å². The number of sulfonamides is 1. The summed E-state index contributed by atoms with van der Waals surface area (Å²) in [4.78, 5) is -0.402. The summed E-state index contributed by atoms with van der Waals surface area (Å²) in [5, 5.41) is 0. The highest BCUT2D eigenvalue weighted by Gasteiger charge is 2.41. The van der Waals surface area contributed by atoms with Crippen molar-refractivity contribution in [3.63, 3.8) is 0 Å². The van der Waals surface area contributed by atoms with E-state index in [-0.39, 0.29) is 17.6 Å². The third-order valence-electron chi connectivity index (χ3n) is 3.57. The van der Waals surface area contributed by atoms with E-state index < -0.39 is 20.7 Å². The van der Waals surface area contributed by atoms with Gasteiger partial charge in [0.15, 0.2) is 0 Å². The van der Waals surface area contributed by atoms with E-state index in [2.05, 4.69) is 4.72 Å². The van der Waals surface area contributed by atoms with Gasteiger partial charge in [0.25, 0.3) is 0 Å². The number of halogens is 1. The second-order valence-electron chi connectivity index (χ2n) is 5.17. The van der Waals surface area contributed by atoms with Gasteiger partial charge in [0, 0.05) is 17.6 Å². The molecule has 1 aliphatic rings. The third kappa shape index (κ3) is 2.91.